The molecule has 4 rings (SSSR count). The summed E-state index contributed by atoms with van der Waals surface area (Å²) in [4.78, 5) is 12.5. The largest absolute Gasteiger partial charge is 0.497 e. The molecule has 1 amide bonds. The highest BCUT2D eigenvalue weighted by Crippen LogP contribution is 2.26. The van der Waals surface area contributed by atoms with Gasteiger partial charge in [0, 0.05) is 29.4 Å². The molecule has 0 atom stereocenters. The number of thioether (sulfide) groups is 1. The quantitative estimate of drug-likeness (QED) is 0.406. The van der Waals surface area contributed by atoms with Crippen molar-refractivity contribution in [2.75, 3.05) is 32.4 Å². The molecule has 0 radical (unpaired) electrons. The van der Waals surface area contributed by atoms with Crippen LogP contribution in [0.2, 0.25) is 0 Å². The molecule has 0 spiro atoms. The van der Waals surface area contributed by atoms with E-state index >= 15 is 0 Å². The fraction of sp³-hybridized carbons (Fsp3) is 0.182. The normalized spacial score (nSPS) is 10.7. The van der Waals surface area contributed by atoms with Crippen LogP contribution < -0.4 is 19.5 Å². The Balaban J connectivity index is 1.47. The maximum absolute atomic E-state index is 12.5. The van der Waals surface area contributed by atoms with Gasteiger partial charge in [0.1, 0.15) is 17.2 Å². The summed E-state index contributed by atoms with van der Waals surface area (Å²) in [5.74, 6) is 1.88. The van der Waals surface area contributed by atoms with Crippen LogP contribution in [-0.4, -0.2) is 52.8 Å². The molecule has 0 bridgehead atoms. The topological polar surface area (TPSA) is 99.9 Å². The second kappa shape index (κ2) is 9.56. The molecule has 2 aromatic heterocycles. The van der Waals surface area contributed by atoms with Gasteiger partial charge in [0.15, 0.2) is 5.65 Å². The van der Waals surface area contributed by atoms with E-state index in [1.807, 2.05) is 36.4 Å². The predicted molar refractivity (Wildman–Crippen MR) is 122 cm³/mol. The first kappa shape index (κ1) is 21.4. The highest BCUT2D eigenvalue weighted by atomic mass is 32.2. The summed E-state index contributed by atoms with van der Waals surface area (Å²) in [6.07, 6.45) is 0. The minimum Gasteiger partial charge on any atom is -0.497 e. The van der Waals surface area contributed by atoms with Crippen molar-refractivity contribution in [3.05, 3.63) is 54.6 Å². The first-order chi connectivity index (χ1) is 15.6. The second-order valence-electron chi connectivity index (χ2n) is 6.64. The number of amides is 1. The third-order valence-electron chi connectivity index (χ3n) is 4.59. The van der Waals surface area contributed by atoms with Crippen LogP contribution in [-0.2, 0) is 4.79 Å². The minimum atomic E-state index is -0.201. The van der Waals surface area contributed by atoms with Gasteiger partial charge in [0.2, 0.25) is 11.1 Å². The number of carbonyl (C=O) groups excluding carboxylic acids is 1. The standard InChI is InChI=1S/C22H21N5O4S/c1-29-16-6-4-14(5-7-16)19-8-9-20-24-25-22(27(20)26-19)32-13-21(28)23-15-10-17(30-2)12-18(11-15)31-3/h4-12H,13H2,1-3H3,(H,23,28). The van der Waals surface area contributed by atoms with Crippen molar-refractivity contribution < 1.29 is 19.0 Å². The Morgan fingerprint density at radius 2 is 1.59 bits per heavy atom. The van der Waals surface area contributed by atoms with Gasteiger partial charge in [0.25, 0.3) is 0 Å². The van der Waals surface area contributed by atoms with Gasteiger partial charge in [-0.1, -0.05) is 11.8 Å². The van der Waals surface area contributed by atoms with E-state index in [0.29, 0.717) is 28.0 Å². The second-order valence-corrected chi connectivity index (χ2v) is 7.58. The lowest BCUT2D eigenvalue weighted by atomic mass is 10.1. The molecule has 0 saturated carbocycles. The SMILES string of the molecule is COc1ccc(-c2ccc3nnc(SCC(=O)Nc4cc(OC)cc(OC)c4)n3n2)cc1. The van der Waals surface area contributed by atoms with Gasteiger partial charge in [-0.2, -0.15) is 9.61 Å². The highest BCUT2D eigenvalue weighted by molar-refractivity contribution is 7.99. The summed E-state index contributed by atoms with van der Waals surface area (Å²) in [6, 6.07) is 16.5. The van der Waals surface area contributed by atoms with Crippen LogP contribution in [0.15, 0.2) is 59.8 Å². The van der Waals surface area contributed by atoms with Crippen LogP contribution >= 0.6 is 11.8 Å². The lowest BCUT2D eigenvalue weighted by molar-refractivity contribution is -0.113. The first-order valence-corrected chi connectivity index (χ1v) is 10.6. The van der Waals surface area contributed by atoms with E-state index in [4.69, 9.17) is 14.2 Å². The monoisotopic (exact) mass is 451 g/mol. The average molecular weight is 452 g/mol. The maximum Gasteiger partial charge on any atom is 0.234 e. The van der Waals surface area contributed by atoms with Crippen LogP contribution in [0.1, 0.15) is 0 Å². The van der Waals surface area contributed by atoms with Crippen molar-refractivity contribution in [1.82, 2.24) is 19.8 Å². The van der Waals surface area contributed by atoms with Gasteiger partial charge in [-0.05, 0) is 36.4 Å². The summed E-state index contributed by atoms with van der Waals surface area (Å²) >= 11 is 1.25. The number of hydrogen-bond donors (Lipinski definition) is 1. The molecule has 0 unspecified atom stereocenters. The maximum atomic E-state index is 12.5. The lowest BCUT2D eigenvalue weighted by Gasteiger charge is -2.09. The Hall–Kier alpha value is -3.79. The molecule has 2 heterocycles. The number of hydrogen-bond acceptors (Lipinski definition) is 8. The zero-order valence-corrected chi connectivity index (χ0v) is 18.5. The molecule has 2 aromatic carbocycles. The van der Waals surface area contributed by atoms with E-state index in [0.717, 1.165) is 17.0 Å². The predicted octanol–water partition coefficient (Wildman–Crippen LogP) is 3.55. The molecular weight excluding hydrogens is 430 g/mol. The molecule has 10 heteroatoms. The van der Waals surface area contributed by atoms with E-state index in [1.54, 1.807) is 44.0 Å². The summed E-state index contributed by atoms with van der Waals surface area (Å²) in [6.45, 7) is 0. The molecular formula is C22H21N5O4S. The summed E-state index contributed by atoms with van der Waals surface area (Å²) in [7, 11) is 4.74. The van der Waals surface area contributed by atoms with E-state index in [2.05, 4.69) is 20.6 Å². The Bertz CT molecular complexity index is 1220. The number of nitrogens with zero attached hydrogens (tertiary/aromatic N) is 4. The van der Waals surface area contributed by atoms with Crippen LogP contribution in [0.5, 0.6) is 17.2 Å². The van der Waals surface area contributed by atoms with E-state index in [-0.39, 0.29) is 11.7 Å². The number of nitrogens with one attached hydrogen (secondary N) is 1. The Labute approximate surface area is 188 Å². The van der Waals surface area contributed by atoms with Crippen molar-refractivity contribution in [3.63, 3.8) is 0 Å². The third-order valence-corrected chi connectivity index (χ3v) is 5.51. The Morgan fingerprint density at radius 3 is 2.25 bits per heavy atom. The van der Waals surface area contributed by atoms with Crippen molar-refractivity contribution in [2.24, 2.45) is 0 Å². The number of rotatable bonds is 8. The smallest absolute Gasteiger partial charge is 0.234 e. The van der Waals surface area contributed by atoms with E-state index in [1.165, 1.54) is 11.8 Å². The summed E-state index contributed by atoms with van der Waals surface area (Å²) in [5, 5.41) is 16.3. The van der Waals surface area contributed by atoms with Crippen LogP contribution in [0.3, 0.4) is 0 Å². The number of fused-ring (bicyclic) bond motifs is 1. The van der Waals surface area contributed by atoms with Crippen LogP contribution in [0, 0.1) is 0 Å². The zero-order chi connectivity index (χ0) is 22.5. The van der Waals surface area contributed by atoms with Crippen molar-refractivity contribution in [2.45, 2.75) is 5.16 Å². The molecule has 0 aliphatic carbocycles. The average Bonchev–Trinajstić information content (AvgIpc) is 3.24. The van der Waals surface area contributed by atoms with Crippen LogP contribution in [0.25, 0.3) is 16.9 Å². The van der Waals surface area contributed by atoms with Gasteiger partial charge in [-0.25, -0.2) is 0 Å². The highest BCUT2D eigenvalue weighted by Gasteiger charge is 2.13. The number of anilines is 1. The molecule has 0 saturated heterocycles. The molecule has 1 N–H and O–H groups in total. The van der Waals surface area contributed by atoms with Gasteiger partial charge in [-0.3, -0.25) is 4.79 Å². The van der Waals surface area contributed by atoms with Gasteiger partial charge >= 0.3 is 0 Å². The third kappa shape index (κ3) is 4.75. The molecule has 0 fully saturated rings. The minimum absolute atomic E-state index is 0.134. The Kier molecular flexibility index (Phi) is 6.41. The lowest BCUT2D eigenvalue weighted by Crippen LogP contribution is -2.14. The Morgan fingerprint density at radius 1 is 0.906 bits per heavy atom. The van der Waals surface area contributed by atoms with Gasteiger partial charge in [-0.15, -0.1) is 10.2 Å². The van der Waals surface area contributed by atoms with Crippen molar-refractivity contribution in [1.29, 1.82) is 0 Å². The van der Waals surface area contributed by atoms with Crippen molar-refractivity contribution >= 4 is 29.0 Å². The first-order valence-electron chi connectivity index (χ1n) is 9.62. The molecule has 164 valence electrons. The zero-order valence-electron chi connectivity index (χ0n) is 17.7. The molecule has 4 aromatic rings. The summed E-state index contributed by atoms with van der Waals surface area (Å²) < 4.78 is 17.3. The fourth-order valence-electron chi connectivity index (χ4n) is 2.98. The molecule has 32 heavy (non-hydrogen) atoms. The number of aromatic nitrogens is 4. The van der Waals surface area contributed by atoms with Gasteiger partial charge in [0.05, 0.1) is 32.8 Å². The fourth-order valence-corrected chi connectivity index (χ4v) is 3.67. The molecule has 0 aliphatic heterocycles. The molecule has 9 nitrogen and oxygen atoms in total. The van der Waals surface area contributed by atoms with E-state index in [9.17, 15) is 4.79 Å². The van der Waals surface area contributed by atoms with Gasteiger partial charge < -0.3 is 19.5 Å². The number of methoxy groups -OCH3 is 3. The number of benzene rings is 2. The molecule has 0 aliphatic rings. The van der Waals surface area contributed by atoms with E-state index < -0.39 is 0 Å². The van der Waals surface area contributed by atoms with Crippen molar-refractivity contribution in [3.8, 4) is 28.5 Å². The number of ether oxygens (including phenoxy) is 3. The van der Waals surface area contributed by atoms with Crippen LogP contribution in [0.4, 0.5) is 5.69 Å². The summed E-state index contributed by atoms with van der Waals surface area (Å²) in [5.41, 5.74) is 2.87. The number of carbonyl (C=O) groups is 1.